The van der Waals surface area contributed by atoms with Crippen LogP contribution < -0.4 is 4.90 Å². The standard InChI is InChI=1S/C16H15NO4/c1-21-16(20)10-6-8-11(9-7-10)17-14(18)12-4-2-3-5-13(12)15(17)19/h2-3,6-9,12-13H,4-5H2,1H3. The molecule has 2 amide bonds. The lowest BCUT2D eigenvalue weighted by molar-refractivity contribution is -0.122. The zero-order valence-electron chi connectivity index (χ0n) is 11.6. The lowest BCUT2D eigenvalue weighted by atomic mass is 9.85. The normalized spacial score (nSPS) is 24.1. The van der Waals surface area contributed by atoms with Gasteiger partial charge < -0.3 is 4.74 Å². The van der Waals surface area contributed by atoms with Crippen LogP contribution in [0.5, 0.6) is 0 Å². The molecule has 0 spiro atoms. The van der Waals surface area contributed by atoms with Gasteiger partial charge in [0.2, 0.25) is 11.8 Å². The molecule has 0 bridgehead atoms. The number of amides is 2. The lowest BCUT2D eigenvalue weighted by Crippen LogP contribution is -2.30. The molecule has 1 heterocycles. The maximum atomic E-state index is 12.4. The Labute approximate surface area is 122 Å². The molecule has 1 aliphatic heterocycles. The lowest BCUT2D eigenvalue weighted by Gasteiger charge is -2.15. The third kappa shape index (κ3) is 2.14. The van der Waals surface area contributed by atoms with Crippen molar-refractivity contribution in [3.05, 3.63) is 42.0 Å². The van der Waals surface area contributed by atoms with E-state index in [1.54, 1.807) is 24.3 Å². The van der Waals surface area contributed by atoms with E-state index in [0.717, 1.165) is 0 Å². The molecule has 2 atom stereocenters. The van der Waals surface area contributed by atoms with Crippen LogP contribution in [0.3, 0.4) is 0 Å². The van der Waals surface area contributed by atoms with Gasteiger partial charge in [0.25, 0.3) is 0 Å². The Morgan fingerprint density at radius 3 is 2.05 bits per heavy atom. The van der Waals surface area contributed by atoms with Crippen molar-refractivity contribution >= 4 is 23.5 Å². The number of nitrogens with zero attached hydrogens (tertiary/aromatic N) is 1. The maximum Gasteiger partial charge on any atom is 0.337 e. The van der Waals surface area contributed by atoms with Crippen molar-refractivity contribution in [3.63, 3.8) is 0 Å². The van der Waals surface area contributed by atoms with Crippen molar-refractivity contribution in [3.8, 4) is 0 Å². The average Bonchev–Trinajstić information content (AvgIpc) is 2.79. The number of carbonyl (C=O) groups excluding carboxylic acids is 3. The van der Waals surface area contributed by atoms with Crippen LogP contribution in [0.1, 0.15) is 23.2 Å². The quantitative estimate of drug-likeness (QED) is 0.473. The number of carbonyl (C=O) groups is 3. The van der Waals surface area contributed by atoms with E-state index in [1.807, 2.05) is 12.2 Å². The van der Waals surface area contributed by atoms with Crippen LogP contribution in [0.4, 0.5) is 5.69 Å². The minimum absolute atomic E-state index is 0.153. The van der Waals surface area contributed by atoms with Crippen molar-refractivity contribution in [2.24, 2.45) is 11.8 Å². The number of methoxy groups -OCH3 is 1. The maximum absolute atomic E-state index is 12.4. The van der Waals surface area contributed by atoms with Crippen molar-refractivity contribution < 1.29 is 19.1 Å². The SMILES string of the molecule is COC(=O)c1ccc(N2C(=O)C3CC=CCC3C2=O)cc1. The van der Waals surface area contributed by atoms with Gasteiger partial charge in [0, 0.05) is 0 Å². The fourth-order valence-corrected chi connectivity index (χ4v) is 2.92. The highest BCUT2D eigenvalue weighted by atomic mass is 16.5. The second-order valence-corrected chi connectivity index (χ2v) is 5.21. The Hall–Kier alpha value is -2.43. The monoisotopic (exact) mass is 285 g/mol. The third-order valence-electron chi connectivity index (χ3n) is 4.05. The average molecular weight is 285 g/mol. The van der Waals surface area contributed by atoms with E-state index in [4.69, 9.17) is 0 Å². The second kappa shape index (κ2) is 5.16. The predicted octanol–water partition coefficient (Wildman–Crippen LogP) is 1.93. The number of rotatable bonds is 2. The molecule has 1 aromatic carbocycles. The minimum atomic E-state index is -0.446. The first-order valence-corrected chi connectivity index (χ1v) is 6.84. The van der Waals surface area contributed by atoms with Crippen molar-refractivity contribution in [2.45, 2.75) is 12.8 Å². The summed E-state index contributed by atoms with van der Waals surface area (Å²) in [6, 6.07) is 6.32. The van der Waals surface area contributed by atoms with E-state index in [2.05, 4.69) is 4.74 Å². The molecule has 5 heteroatoms. The van der Waals surface area contributed by atoms with E-state index in [1.165, 1.54) is 12.0 Å². The third-order valence-corrected chi connectivity index (χ3v) is 4.05. The van der Waals surface area contributed by atoms with Crippen LogP contribution in [0.15, 0.2) is 36.4 Å². The highest BCUT2D eigenvalue weighted by Crippen LogP contribution is 2.37. The van der Waals surface area contributed by atoms with Gasteiger partial charge in [-0.05, 0) is 37.1 Å². The number of ether oxygens (including phenoxy) is 1. The van der Waals surface area contributed by atoms with Gasteiger partial charge in [0.05, 0.1) is 30.2 Å². The Morgan fingerprint density at radius 2 is 1.57 bits per heavy atom. The number of imide groups is 1. The first kappa shape index (κ1) is 13.5. The molecule has 108 valence electrons. The smallest absolute Gasteiger partial charge is 0.337 e. The fraction of sp³-hybridized carbons (Fsp3) is 0.312. The van der Waals surface area contributed by atoms with Crippen LogP contribution in [-0.4, -0.2) is 24.9 Å². The Morgan fingerprint density at radius 1 is 1.05 bits per heavy atom. The summed E-state index contributed by atoms with van der Waals surface area (Å²) in [5.41, 5.74) is 0.895. The molecule has 1 fully saturated rings. The zero-order valence-corrected chi connectivity index (χ0v) is 11.6. The number of benzene rings is 1. The molecule has 1 aromatic rings. The predicted molar refractivity (Wildman–Crippen MR) is 75.6 cm³/mol. The molecule has 1 saturated heterocycles. The Balaban J connectivity index is 1.89. The Kier molecular flexibility index (Phi) is 3.33. The molecule has 21 heavy (non-hydrogen) atoms. The van der Waals surface area contributed by atoms with Crippen molar-refractivity contribution in [1.82, 2.24) is 0 Å². The van der Waals surface area contributed by atoms with Gasteiger partial charge in [-0.1, -0.05) is 12.2 Å². The van der Waals surface area contributed by atoms with Crippen LogP contribution in [0.2, 0.25) is 0 Å². The molecule has 0 N–H and O–H groups in total. The van der Waals surface area contributed by atoms with Gasteiger partial charge in [-0.3, -0.25) is 14.5 Å². The molecular weight excluding hydrogens is 270 g/mol. The highest BCUT2D eigenvalue weighted by molar-refractivity contribution is 6.22. The van der Waals surface area contributed by atoms with Gasteiger partial charge in [0.1, 0.15) is 0 Å². The number of hydrogen-bond acceptors (Lipinski definition) is 4. The number of hydrogen-bond donors (Lipinski definition) is 0. The number of fused-ring (bicyclic) bond motifs is 1. The van der Waals surface area contributed by atoms with Crippen LogP contribution in [-0.2, 0) is 14.3 Å². The van der Waals surface area contributed by atoms with E-state index in [-0.39, 0.29) is 23.7 Å². The van der Waals surface area contributed by atoms with Crippen LogP contribution in [0, 0.1) is 11.8 Å². The molecule has 3 rings (SSSR count). The first-order valence-electron chi connectivity index (χ1n) is 6.84. The highest BCUT2D eigenvalue weighted by Gasteiger charge is 2.47. The second-order valence-electron chi connectivity index (χ2n) is 5.21. The summed E-state index contributed by atoms with van der Waals surface area (Å²) in [5.74, 6) is -1.25. The summed E-state index contributed by atoms with van der Waals surface area (Å²) < 4.78 is 4.63. The van der Waals surface area contributed by atoms with E-state index < -0.39 is 5.97 Å². The summed E-state index contributed by atoms with van der Waals surface area (Å²) >= 11 is 0. The minimum Gasteiger partial charge on any atom is -0.465 e. The van der Waals surface area contributed by atoms with Gasteiger partial charge in [0.15, 0.2) is 0 Å². The van der Waals surface area contributed by atoms with E-state index >= 15 is 0 Å². The molecule has 2 aliphatic rings. The largest absolute Gasteiger partial charge is 0.465 e. The summed E-state index contributed by atoms with van der Waals surface area (Å²) in [6.07, 6.45) is 5.14. The van der Waals surface area contributed by atoms with Gasteiger partial charge in [-0.2, -0.15) is 0 Å². The molecule has 5 nitrogen and oxygen atoms in total. The molecule has 0 saturated carbocycles. The molecule has 2 unspecified atom stereocenters. The number of esters is 1. The van der Waals surface area contributed by atoms with Crippen LogP contribution >= 0.6 is 0 Å². The molecule has 1 aliphatic carbocycles. The summed E-state index contributed by atoms with van der Waals surface area (Å²) in [7, 11) is 1.31. The molecule has 0 radical (unpaired) electrons. The Bertz CT molecular complexity index is 606. The summed E-state index contributed by atoms with van der Waals surface area (Å²) in [4.78, 5) is 37.5. The molecule has 0 aromatic heterocycles. The molecular formula is C16H15NO4. The van der Waals surface area contributed by atoms with Gasteiger partial charge >= 0.3 is 5.97 Å². The van der Waals surface area contributed by atoms with Crippen LogP contribution in [0.25, 0.3) is 0 Å². The van der Waals surface area contributed by atoms with E-state index in [0.29, 0.717) is 24.1 Å². The summed E-state index contributed by atoms with van der Waals surface area (Å²) in [6.45, 7) is 0. The summed E-state index contributed by atoms with van der Waals surface area (Å²) in [5, 5.41) is 0. The fourth-order valence-electron chi connectivity index (χ4n) is 2.92. The van der Waals surface area contributed by atoms with Crippen molar-refractivity contribution in [1.29, 1.82) is 0 Å². The van der Waals surface area contributed by atoms with Gasteiger partial charge in [-0.25, -0.2) is 4.79 Å². The zero-order chi connectivity index (χ0) is 15.0. The van der Waals surface area contributed by atoms with E-state index in [9.17, 15) is 14.4 Å². The topological polar surface area (TPSA) is 63.7 Å². The first-order chi connectivity index (χ1) is 10.1. The van der Waals surface area contributed by atoms with Crippen molar-refractivity contribution in [2.75, 3.05) is 12.0 Å². The van der Waals surface area contributed by atoms with Gasteiger partial charge in [-0.15, -0.1) is 0 Å². The number of anilines is 1. The number of allylic oxidation sites excluding steroid dienone is 2.